The molecular formula is C29H32F2O5. The van der Waals surface area contributed by atoms with Gasteiger partial charge in [0.25, 0.3) is 0 Å². The molecule has 0 bridgehead atoms. The summed E-state index contributed by atoms with van der Waals surface area (Å²) in [7, 11) is 1.53. The van der Waals surface area contributed by atoms with Crippen molar-refractivity contribution in [2.75, 3.05) is 7.11 Å². The minimum Gasteiger partial charge on any atom is -0.497 e. The maximum atomic E-state index is 14.9. The molecule has 0 heterocycles. The molecular weight excluding hydrogens is 466 g/mol. The number of ether oxygens (including phenoxy) is 2. The molecule has 0 aliphatic rings. The predicted molar refractivity (Wildman–Crippen MR) is 134 cm³/mol. The second-order valence-corrected chi connectivity index (χ2v) is 9.92. The van der Waals surface area contributed by atoms with E-state index < -0.39 is 24.3 Å². The van der Waals surface area contributed by atoms with Crippen molar-refractivity contribution >= 4 is 5.97 Å². The van der Waals surface area contributed by atoms with Gasteiger partial charge < -0.3 is 19.7 Å². The lowest BCUT2D eigenvalue weighted by Gasteiger charge is -2.30. The van der Waals surface area contributed by atoms with Gasteiger partial charge in [0.15, 0.2) is 11.6 Å². The quantitative estimate of drug-likeness (QED) is 0.336. The number of benzene rings is 3. The molecule has 0 fully saturated rings. The molecule has 7 heteroatoms. The standard InChI is InChI=1S/C29H32F2O5/c1-17(29(2,3)4)22-13-18(9-11-20(22)23-14-19(35-5)10-12-24(23)30)16-36-26-8-6-7-21(28(26)31)25(32)15-27(33)34/h6-14,17,25,32H,15-16H2,1-5H3,(H,33,34)/t17-,25-/m1/s1. The van der Waals surface area contributed by atoms with Gasteiger partial charge in [-0.05, 0) is 52.3 Å². The zero-order valence-corrected chi connectivity index (χ0v) is 21.1. The number of halogens is 2. The summed E-state index contributed by atoms with van der Waals surface area (Å²) in [5.74, 6) is -1.89. The number of aliphatic hydroxyl groups is 1. The van der Waals surface area contributed by atoms with Crippen molar-refractivity contribution in [3.63, 3.8) is 0 Å². The summed E-state index contributed by atoms with van der Waals surface area (Å²) in [4.78, 5) is 10.9. The molecule has 36 heavy (non-hydrogen) atoms. The minimum atomic E-state index is -1.48. The average molecular weight is 499 g/mol. The van der Waals surface area contributed by atoms with Gasteiger partial charge in [0.05, 0.1) is 19.6 Å². The second-order valence-electron chi connectivity index (χ2n) is 9.92. The van der Waals surface area contributed by atoms with Crippen LogP contribution in [0, 0.1) is 17.0 Å². The Bertz CT molecular complexity index is 1230. The van der Waals surface area contributed by atoms with Gasteiger partial charge in [0, 0.05) is 11.1 Å². The molecule has 0 spiro atoms. The highest BCUT2D eigenvalue weighted by Crippen LogP contribution is 2.41. The number of rotatable bonds is 9. The van der Waals surface area contributed by atoms with Gasteiger partial charge in [-0.2, -0.15) is 0 Å². The van der Waals surface area contributed by atoms with Crippen molar-refractivity contribution in [1.82, 2.24) is 0 Å². The number of carboxylic acids is 1. The Morgan fingerprint density at radius 3 is 2.36 bits per heavy atom. The Morgan fingerprint density at radius 1 is 1.00 bits per heavy atom. The molecule has 2 N–H and O–H groups in total. The molecule has 0 aliphatic heterocycles. The SMILES string of the molecule is COc1ccc(F)c(-c2ccc(COc3cccc([C@H](O)CC(=O)O)c3F)cc2[C@@H](C)C(C)(C)C)c1. The highest BCUT2D eigenvalue weighted by Gasteiger charge is 2.26. The van der Waals surface area contributed by atoms with Gasteiger partial charge >= 0.3 is 5.97 Å². The van der Waals surface area contributed by atoms with E-state index >= 15 is 0 Å². The van der Waals surface area contributed by atoms with Crippen LogP contribution in [-0.4, -0.2) is 23.3 Å². The summed E-state index contributed by atoms with van der Waals surface area (Å²) in [6.45, 7) is 8.43. The monoisotopic (exact) mass is 498 g/mol. The molecule has 3 rings (SSSR count). The van der Waals surface area contributed by atoms with E-state index in [2.05, 4.69) is 27.7 Å². The number of aliphatic carboxylic acids is 1. The summed E-state index contributed by atoms with van der Waals surface area (Å²) in [6.07, 6.45) is -2.10. The van der Waals surface area contributed by atoms with Gasteiger partial charge in [0.1, 0.15) is 18.2 Å². The Balaban J connectivity index is 1.96. The zero-order chi connectivity index (χ0) is 26.6. The Labute approximate surface area is 210 Å². The normalized spacial score (nSPS) is 13.2. The van der Waals surface area contributed by atoms with Crippen LogP contribution in [-0.2, 0) is 11.4 Å². The highest BCUT2D eigenvalue weighted by atomic mass is 19.1. The van der Waals surface area contributed by atoms with E-state index in [9.17, 15) is 18.7 Å². The van der Waals surface area contributed by atoms with Crippen LogP contribution in [0.15, 0.2) is 54.6 Å². The predicted octanol–water partition coefficient (Wildman–Crippen LogP) is 6.88. The Morgan fingerprint density at radius 2 is 1.72 bits per heavy atom. The number of carbonyl (C=O) groups is 1. The third-order valence-electron chi connectivity index (χ3n) is 6.46. The van der Waals surface area contributed by atoms with Crippen LogP contribution >= 0.6 is 0 Å². The smallest absolute Gasteiger partial charge is 0.306 e. The lowest BCUT2D eigenvalue weighted by atomic mass is 9.75. The first kappa shape index (κ1) is 27.1. The van der Waals surface area contributed by atoms with E-state index in [1.165, 1.54) is 31.4 Å². The van der Waals surface area contributed by atoms with E-state index in [0.29, 0.717) is 11.3 Å². The summed E-state index contributed by atoms with van der Waals surface area (Å²) < 4.78 is 40.8. The molecule has 0 unspecified atom stereocenters. The molecule has 0 saturated carbocycles. The third kappa shape index (κ3) is 6.21. The summed E-state index contributed by atoms with van der Waals surface area (Å²) >= 11 is 0. The average Bonchev–Trinajstić information content (AvgIpc) is 2.82. The molecule has 5 nitrogen and oxygen atoms in total. The molecule has 0 aromatic heterocycles. The van der Waals surface area contributed by atoms with Gasteiger partial charge in [-0.15, -0.1) is 0 Å². The number of aliphatic hydroxyl groups excluding tert-OH is 1. The van der Waals surface area contributed by atoms with Crippen molar-refractivity contribution in [2.45, 2.75) is 52.7 Å². The third-order valence-corrected chi connectivity index (χ3v) is 6.46. The van der Waals surface area contributed by atoms with Crippen LogP contribution in [0.5, 0.6) is 11.5 Å². The van der Waals surface area contributed by atoms with E-state index in [-0.39, 0.29) is 35.1 Å². The van der Waals surface area contributed by atoms with Crippen molar-refractivity contribution in [2.24, 2.45) is 5.41 Å². The van der Waals surface area contributed by atoms with Gasteiger partial charge in [-0.3, -0.25) is 4.79 Å². The van der Waals surface area contributed by atoms with E-state index in [1.807, 2.05) is 12.1 Å². The van der Waals surface area contributed by atoms with E-state index in [0.717, 1.165) is 16.7 Å². The highest BCUT2D eigenvalue weighted by molar-refractivity contribution is 5.71. The first-order valence-electron chi connectivity index (χ1n) is 11.7. The lowest BCUT2D eigenvalue weighted by Crippen LogP contribution is -2.16. The molecule has 0 saturated heterocycles. The topological polar surface area (TPSA) is 76.0 Å². The number of hydrogen-bond acceptors (Lipinski definition) is 4. The van der Waals surface area contributed by atoms with Crippen molar-refractivity contribution < 1.29 is 33.3 Å². The fraction of sp³-hybridized carbons (Fsp3) is 0.345. The maximum absolute atomic E-state index is 14.9. The van der Waals surface area contributed by atoms with Gasteiger partial charge in [-0.25, -0.2) is 8.78 Å². The molecule has 0 radical (unpaired) electrons. The van der Waals surface area contributed by atoms with E-state index in [1.54, 1.807) is 18.2 Å². The van der Waals surface area contributed by atoms with Crippen LogP contribution in [0.4, 0.5) is 8.78 Å². The summed E-state index contributed by atoms with van der Waals surface area (Å²) in [6, 6.07) is 14.4. The lowest BCUT2D eigenvalue weighted by molar-refractivity contribution is -0.139. The minimum absolute atomic E-state index is 0.0279. The van der Waals surface area contributed by atoms with Gasteiger partial charge in [-0.1, -0.05) is 58.0 Å². The molecule has 3 aromatic carbocycles. The second kappa shape index (κ2) is 11.1. The van der Waals surface area contributed by atoms with E-state index in [4.69, 9.17) is 14.6 Å². The van der Waals surface area contributed by atoms with Crippen LogP contribution in [0.1, 0.15) is 62.8 Å². The van der Waals surface area contributed by atoms with Crippen molar-refractivity contribution in [3.05, 3.63) is 82.9 Å². The van der Waals surface area contributed by atoms with Crippen LogP contribution < -0.4 is 9.47 Å². The maximum Gasteiger partial charge on any atom is 0.306 e. The number of hydrogen-bond donors (Lipinski definition) is 2. The molecule has 0 amide bonds. The molecule has 192 valence electrons. The van der Waals surface area contributed by atoms with Crippen LogP contribution in [0.2, 0.25) is 0 Å². The summed E-state index contributed by atoms with van der Waals surface area (Å²) in [5.41, 5.74) is 2.58. The van der Waals surface area contributed by atoms with Gasteiger partial charge in [0.2, 0.25) is 0 Å². The Hall–Kier alpha value is -3.45. The summed E-state index contributed by atoms with van der Waals surface area (Å²) in [5, 5.41) is 18.9. The van der Waals surface area contributed by atoms with Crippen molar-refractivity contribution in [3.8, 4) is 22.6 Å². The van der Waals surface area contributed by atoms with Crippen LogP contribution in [0.3, 0.4) is 0 Å². The molecule has 0 aliphatic carbocycles. The fourth-order valence-electron chi connectivity index (χ4n) is 3.94. The molecule has 2 atom stereocenters. The largest absolute Gasteiger partial charge is 0.497 e. The first-order valence-corrected chi connectivity index (χ1v) is 11.7. The van der Waals surface area contributed by atoms with Crippen LogP contribution in [0.25, 0.3) is 11.1 Å². The first-order chi connectivity index (χ1) is 16.9. The number of carboxylic acid groups (broad SMARTS) is 1. The van der Waals surface area contributed by atoms with Crippen molar-refractivity contribution in [1.29, 1.82) is 0 Å². The zero-order valence-electron chi connectivity index (χ0n) is 21.1. The number of methoxy groups -OCH3 is 1. The Kier molecular flexibility index (Phi) is 8.35. The fourth-order valence-corrected chi connectivity index (χ4v) is 3.94. The molecule has 3 aromatic rings.